The van der Waals surface area contributed by atoms with Crippen LogP contribution in [0.25, 0.3) is 0 Å². The lowest BCUT2D eigenvalue weighted by atomic mass is 9.97. The van der Waals surface area contributed by atoms with Crippen molar-refractivity contribution in [3.05, 3.63) is 28.3 Å². The van der Waals surface area contributed by atoms with Gasteiger partial charge in [0, 0.05) is 10.3 Å². The van der Waals surface area contributed by atoms with E-state index in [4.69, 9.17) is 9.26 Å². The van der Waals surface area contributed by atoms with Crippen LogP contribution in [0.4, 0.5) is 4.79 Å². The van der Waals surface area contributed by atoms with Gasteiger partial charge in [0.2, 0.25) is 5.89 Å². The van der Waals surface area contributed by atoms with Crippen LogP contribution in [-0.2, 0) is 12.0 Å². The van der Waals surface area contributed by atoms with Crippen LogP contribution in [0.5, 0.6) is 6.01 Å². The minimum Gasteiger partial charge on any atom is -0.372 e. The molecule has 102 valence electrons. The fraction of sp³-hybridized carbons (Fsp3) is 0.417. The van der Waals surface area contributed by atoms with Crippen molar-refractivity contribution in [1.29, 1.82) is 0 Å². The van der Waals surface area contributed by atoms with Crippen molar-refractivity contribution in [2.45, 2.75) is 32.7 Å². The molecule has 6 nitrogen and oxygen atoms in total. The van der Waals surface area contributed by atoms with E-state index in [2.05, 4.69) is 15.5 Å². The number of amides is 1. The van der Waals surface area contributed by atoms with Gasteiger partial charge in [0.15, 0.2) is 0 Å². The minimum atomic E-state index is -0.602. The Labute approximate surface area is 114 Å². The fourth-order valence-corrected chi connectivity index (χ4v) is 1.89. The van der Waals surface area contributed by atoms with Gasteiger partial charge in [-0.2, -0.15) is 4.98 Å². The van der Waals surface area contributed by atoms with Crippen LogP contribution in [0.2, 0.25) is 0 Å². The number of nitrogens with one attached hydrogen (secondary N) is 1. The molecule has 2 aromatic heterocycles. The normalized spacial score (nSPS) is 11.3. The van der Waals surface area contributed by atoms with Crippen LogP contribution >= 0.6 is 11.3 Å². The number of ether oxygens (including phenoxy) is 1. The molecule has 0 aromatic carbocycles. The van der Waals surface area contributed by atoms with Crippen LogP contribution < -0.4 is 10.1 Å². The Bertz CT molecular complexity index is 543. The topological polar surface area (TPSA) is 77.2 Å². The number of hydrogen-bond donors (Lipinski definition) is 1. The quantitative estimate of drug-likeness (QED) is 0.936. The Balaban J connectivity index is 1.87. The zero-order valence-corrected chi connectivity index (χ0v) is 11.8. The molecular formula is C12H15N3O3S. The maximum Gasteiger partial charge on any atom is 0.415 e. The lowest BCUT2D eigenvalue weighted by Crippen LogP contribution is -2.26. The smallest absolute Gasteiger partial charge is 0.372 e. The number of nitrogens with zero attached hydrogens (tertiary/aromatic N) is 2. The largest absolute Gasteiger partial charge is 0.415 e. The van der Waals surface area contributed by atoms with Gasteiger partial charge in [-0.1, -0.05) is 26.8 Å². The zero-order valence-electron chi connectivity index (χ0n) is 11.0. The van der Waals surface area contributed by atoms with Crippen molar-refractivity contribution in [1.82, 2.24) is 15.5 Å². The SMILES string of the molecule is CC(C)(C)c1nc(OC(=O)NCc2cccs2)no1. The number of carbonyl (C=O) groups excluding carboxylic acids is 1. The number of aromatic nitrogens is 2. The van der Waals surface area contributed by atoms with Gasteiger partial charge in [-0.3, -0.25) is 0 Å². The van der Waals surface area contributed by atoms with Gasteiger partial charge in [-0.25, -0.2) is 4.79 Å². The van der Waals surface area contributed by atoms with E-state index in [0.717, 1.165) is 4.88 Å². The highest BCUT2D eigenvalue weighted by atomic mass is 32.1. The van der Waals surface area contributed by atoms with E-state index >= 15 is 0 Å². The lowest BCUT2D eigenvalue weighted by Gasteiger charge is -2.10. The molecule has 0 aliphatic carbocycles. The van der Waals surface area contributed by atoms with Gasteiger partial charge >= 0.3 is 12.1 Å². The summed E-state index contributed by atoms with van der Waals surface area (Å²) in [4.78, 5) is 16.6. The molecule has 19 heavy (non-hydrogen) atoms. The first-order valence-electron chi connectivity index (χ1n) is 5.77. The van der Waals surface area contributed by atoms with Crippen molar-refractivity contribution in [2.75, 3.05) is 0 Å². The molecule has 0 spiro atoms. The molecule has 0 aliphatic heterocycles. The van der Waals surface area contributed by atoms with E-state index in [1.807, 2.05) is 38.3 Å². The summed E-state index contributed by atoms with van der Waals surface area (Å²) in [5.74, 6) is 0.425. The highest BCUT2D eigenvalue weighted by molar-refractivity contribution is 7.09. The van der Waals surface area contributed by atoms with E-state index in [-0.39, 0.29) is 11.4 Å². The van der Waals surface area contributed by atoms with Crippen molar-refractivity contribution >= 4 is 17.4 Å². The molecule has 0 atom stereocenters. The van der Waals surface area contributed by atoms with E-state index in [1.165, 1.54) is 0 Å². The number of rotatable bonds is 3. The van der Waals surface area contributed by atoms with Gasteiger partial charge in [-0.15, -0.1) is 11.3 Å². The minimum absolute atomic E-state index is 0.0754. The summed E-state index contributed by atoms with van der Waals surface area (Å²) in [5, 5.41) is 8.15. The highest BCUT2D eigenvalue weighted by Crippen LogP contribution is 2.21. The van der Waals surface area contributed by atoms with Crippen LogP contribution in [-0.4, -0.2) is 16.2 Å². The predicted molar refractivity (Wildman–Crippen MR) is 70.2 cm³/mol. The number of hydrogen-bond acceptors (Lipinski definition) is 6. The third-order valence-corrected chi connectivity index (χ3v) is 3.10. The molecule has 0 fully saturated rings. The Hall–Kier alpha value is -1.89. The van der Waals surface area contributed by atoms with Crippen molar-refractivity contribution in [2.24, 2.45) is 0 Å². The summed E-state index contributed by atoms with van der Waals surface area (Å²) in [6, 6.07) is 3.77. The first kappa shape index (κ1) is 13.5. The molecular weight excluding hydrogens is 266 g/mol. The summed E-state index contributed by atoms with van der Waals surface area (Å²) < 4.78 is 9.94. The molecule has 0 aliphatic rings. The van der Waals surface area contributed by atoms with Crippen LogP contribution in [0.15, 0.2) is 22.0 Å². The number of thiophene rings is 1. The van der Waals surface area contributed by atoms with Gasteiger partial charge < -0.3 is 14.6 Å². The summed E-state index contributed by atoms with van der Waals surface area (Å²) in [5.41, 5.74) is -0.276. The molecule has 2 aromatic rings. The van der Waals surface area contributed by atoms with E-state index in [9.17, 15) is 4.79 Å². The van der Waals surface area contributed by atoms with Crippen molar-refractivity contribution in [3.8, 4) is 6.01 Å². The first-order valence-corrected chi connectivity index (χ1v) is 6.65. The fourth-order valence-electron chi connectivity index (χ4n) is 1.25. The van der Waals surface area contributed by atoms with E-state index in [0.29, 0.717) is 12.4 Å². The molecule has 2 rings (SSSR count). The predicted octanol–water partition coefficient (Wildman–Crippen LogP) is 2.72. The Morgan fingerprint density at radius 3 is 2.89 bits per heavy atom. The molecule has 1 amide bonds. The van der Waals surface area contributed by atoms with E-state index < -0.39 is 6.09 Å². The summed E-state index contributed by atoms with van der Waals surface area (Å²) >= 11 is 1.56. The molecule has 1 N–H and O–H groups in total. The Morgan fingerprint density at radius 2 is 2.32 bits per heavy atom. The van der Waals surface area contributed by atoms with Gasteiger partial charge in [0.05, 0.1) is 6.54 Å². The third-order valence-electron chi connectivity index (χ3n) is 2.22. The molecule has 0 bridgehead atoms. The van der Waals surface area contributed by atoms with Gasteiger partial charge in [-0.05, 0) is 16.6 Å². The van der Waals surface area contributed by atoms with Crippen LogP contribution in [0.3, 0.4) is 0 Å². The standard InChI is InChI=1S/C12H15N3O3S/c1-12(2,3)9-14-10(15-18-9)17-11(16)13-7-8-5-4-6-19-8/h4-6H,7H2,1-3H3,(H,13,16). The molecule has 0 saturated carbocycles. The zero-order chi connectivity index (χ0) is 13.9. The highest BCUT2D eigenvalue weighted by Gasteiger charge is 2.23. The molecule has 0 saturated heterocycles. The van der Waals surface area contributed by atoms with E-state index in [1.54, 1.807) is 11.3 Å². The lowest BCUT2D eigenvalue weighted by molar-refractivity contribution is 0.193. The van der Waals surface area contributed by atoms with Crippen molar-refractivity contribution in [3.63, 3.8) is 0 Å². The second-order valence-corrected chi connectivity index (χ2v) is 5.99. The maximum atomic E-state index is 11.5. The van der Waals surface area contributed by atoms with Crippen molar-refractivity contribution < 1.29 is 14.1 Å². The van der Waals surface area contributed by atoms with Crippen LogP contribution in [0.1, 0.15) is 31.5 Å². The Kier molecular flexibility index (Phi) is 3.84. The third kappa shape index (κ3) is 3.78. The summed E-state index contributed by atoms with van der Waals surface area (Å²) in [6.45, 7) is 6.21. The second kappa shape index (κ2) is 5.40. The molecule has 7 heteroatoms. The first-order chi connectivity index (χ1) is 8.95. The monoisotopic (exact) mass is 281 g/mol. The molecule has 0 unspecified atom stereocenters. The second-order valence-electron chi connectivity index (χ2n) is 4.95. The molecule has 0 radical (unpaired) electrons. The number of carbonyl (C=O) groups is 1. The van der Waals surface area contributed by atoms with Gasteiger partial charge in [0.25, 0.3) is 0 Å². The summed E-state index contributed by atoms with van der Waals surface area (Å²) in [7, 11) is 0. The average Bonchev–Trinajstić information content (AvgIpc) is 2.95. The van der Waals surface area contributed by atoms with Crippen LogP contribution in [0, 0.1) is 0 Å². The maximum absolute atomic E-state index is 11.5. The summed E-state index contributed by atoms with van der Waals surface area (Å²) in [6.07, 6.45) is -0.602. The Morgan fingerprint density at radius 1 is 1.53 bits per heavy atom. The molecule has 2 heterocycles. The van der Waals surface area contributed by atoms with Gasteiger partial charge in [0.1, 0.15) is 0 Å². The average molecular weight is 281 g/mol.